The molecule has 0 fully saturated rings. The monoisotopic (exact) mass is 331 g/mol. The Balaban J connectivity index is 1.91. The van der Waals surface area contributed by atoms with Crippen LogP contribution in [0, 0.1) is 0 Å². The fourth-order valence-electron chi connectivity index (χ4n) is 2.19. The number of rotatable bonds is 2. The number of para-hydroxylation sites is 1. The number of amides is 1. The Kier molecular flexibility index (Phi) is 3.96. The number of fused-ring (bicyclic) bond motifs is 1. The van der Waals surface area contributed by atoms with Gasteiger partial charge in [-0.15, -0.1) is 5.10 Å². The molecule has 0 aliphatic carbocycles. The van der Waals surface area contributed by atoms with E-state index in [2.05, 4.69) is 10.2 Å². The van der Waals surface area contributed by atoms with Crippen molar-refractivity contribution >= 4 is 46.7 Å². The number of hydrogen-bond acceptors (Lipinski definition) is 3. The maximum Gasteiger partial charge on any atom is 0.279 e. The van der Waals surface area contributed by atoms with Crippen LogP contribution < -0.4 is 4.90 Å². The standard InChI is InChI=1S/C16H11Cl2N3O/c1-21-14-5-3-2-4-11(14)15(16(21)22)20-19-9-10-6-7-12(17)13(18)8-10/h2-9H,1H3/b19-9-,20-15+. The van der Waals surface area contributed by atoms with Gasteiger partial charge in [-0.1, -0.05) is 47.5 Å². The van der Waals surface area contributed by atoms with E-state index < -0.39 is 0 Å². The minimum absolute atomic E-state index is 0.174. The van der Waals surface area contributed by atoms with Crippen LogP contribution in [0.1, 0.15) is 11.1 Å². The fourth-order valence-corrected chi connectivity index (χ4v) is 2.50. The van der Waals surface area contributed by atoms with E-state index in [1.165, 1.54) is 6.21 Å². The average Bonchev–Trinajstić information content (AvgIpc) is 2.76. The summed E-state index contributed by atoms with van der Waals surface area (Å²) >= 11 is 11.8. The lowest BCUT2D eigenvalue weighted by Crippen LogP contribution is -2.25. The topological polar surface area (TPSA) is 45.0 Å². The number of nitrogens with zero attached hydrogens (tertiary/aromatic N) is 3. The van der Waals surface area contributed by atoms with Gasteiger partial charge in [0.2, 0.25) is 0 Å². The summed E-state index contributed by atoms with van der Waals surface area (Å²) in [6, 6.07) is 12.6. The molecule has 6 heteroatoms. The molecule has 3 rings (SSSR count). The molecule has 110 valence electrons. The first-order valence-corrected chi connectivity index (χ1v) is 7.27. The van der Waals surface area contributed by atoms with E-state index in [-0.39, 0.29) is 5.91 Å². The summed E-state index contributed by atoms with van der Waals surface area (Å²) in [6.45, 7) is 0. The fraction of sp³-hybridized carbons (Fsp3) is 0.0625. The van der Waals surface area contributed by atoms with Crippen molar-refractivity contribution in [3.63, 3.8) is 0 Å². The minimum Gasteiger partial charge on any atom is -0.309 e. The van der Waals surface area contributed by atoms with Crippen molar-refractivity contribution in [2.75, 3.05) is 11.9 Å². The second-order valence-corrected chi connectivity index (χ2v) is 5.56. The Bertz CT molecular complexity index is 815. The van der Waals surface area contributed by atoms with Crippen molar-refractivity contribution < 1.29 is 4.79 Å². The first kappa shape index (κ1) is 14.8. The molecule has 22 heavy (non-hydrogen) atoms. The number of anilines is 1. The van der Waals surface area contributed by atoms with Gasteiger partial charge in [0.25, 0.3) is 5.91 Å². The highest BCUT2D eigenvalue weighted by atomic mass is 35.5. The van der Waals surface area contributed by atoms with Gasteiger partial charge in [0.1, 0.15) is 0 Å². The van der Waals surface area contributed by atoms with Crippen molar-refractivity contribution in [2.45, 2.75) is 0 Å². The van der Waals surface area contributed by atoms with Gasteiger partial charge < -0.3 is 4.90 Å². The van der Waals surface area contributed by atoms with Crippen LogP contribution in [0.15, 0.2) is 52.7 Å². The maximum absolute atomic E-state index is 12.2. The predicted octanol–water partition coefficient (Wildman–Crippen LogP) is 3.79. The third-order valence-corrected chi connectivity index (χ3v) is 4.07. The SMILES string of the molecule is CN1C(=O)/C(=N/N=C\c2ccc(Cl)c(Cl)c2)c2ccccc21. The molecule has 1 aliphatic rings. The highest BCUT2D eigenvalue weighted by molar-refractivity contribution is 6.54. The summed E-state index contributed by atoms with van der Waals surface area (Å²) in [5.41, 5.74) is 2.69. The molecule has 0 bridgehead atoms. The number of carbonyl (C=O) groups excluding carboxylic acids is 1. The van der Waals surface area contributed by atoms with Gasteiger partial charge in [-0.05, 0) is 23.8 Å². The summed E-state index contributed by atoms with van der Waals surface area (Å²) in [5.74, 6) is -0.174. The Morgan fingerprint density at radius 3 is 2.64 bits per heavy atom. The third kappa shape index (κ3) is 2.63. The van der Waals surface area contributed by atoms with Crippen LogP contribution in [-0.2, 0) is 4.79 Å². The molecule has 0 unspecified atom stereocenters. The van der Waals surface area contributed by atoms with Crippen LogP contribution in [0.25, 0.3) is 0 Å². The Morgan fingerprint density at radius 1 is 1.09 bits per heavy atom. The van der Waals surface area contributed by atoms with Gasteiger partial charge in [-0.2, -0.15) is 5.10 Å². The Morgan fingerprint density at radius 2 is 1.86 bits per heavy atom. The molecule has 0 aromatic heterocycles. The van der Waals surface area contributed by atoms with Crippen molar-refractivity contribution in [3.05, 3.63) is 63.6 Å². The van der Waals surface area contributed by atoms with E-state index in [0.29, 0.717) is 15.8 Å². The van der Waals surface area contributed by atoms with E-state index in [1.807, 2.05) is 24.3 Å². The first-order chi connectivity index (χ1) is 10.6. The first-order valence-electron chi connectivity index (χ1n) is 6.51. The lowest BCUT2D eigenvalue weighted by Gasteiger charge is -2.07. The molecule has 1 amide bonds. The average molecular weight is 332 g/mol. The van der Waals surface area contributed by atoms with E-state index in [4.69, 9.17) is 23.2 Å². The molecule has 0 spiro atoms. The molecule has 0 N–H and O–H groups in total. The van der Waals surface area contributed by atoms with Crippen LogP contribution in [-0.4, -0.2) is 24.9 Å². The summed E-state index contributed by atoms with van der Waals surface area (Å²) in [7, 11) is 1.71. The molecule has 2 aromatic carbocycles. The molecule has 1 heterocycles. The summed E-state index contributed by atoms with van der Waals surface area (Å²) < 4.78 is 0. The van der Waals surface area contributed by atoms with Crippen molar-refractivity contribution in [3.8, 4) is 0 Å². The van der Waals surface area contributed by atoms with Gasteiger partial charge >= 0.3 is 0 Å². The number of carbonyl (C=O) groups is 1. The largest absolute Gasteiger partial charge is 0.309 e. The normalized spacial score (nSPS) is 15.9. The molecule has 0 saturated carbocycles. The van der Waals surface area contributed by atoms with E-state index in [0.717, 1.165) is 16.8 Å². The molecule has 0 saturated heterocycles. The molecule has 0 atom stereocenters. The highest BCUT2D eigenvalue weighted by Crippen LogP contribution is 2.27. The molecular weight excluding hydrogens is 321 g/mol. The second-order valence-electron chi connectivity index (χ2n) is 4.75. The minimum atomic E-state index is -0.174. The van der Waals surface area contributed by atoms with E-state index >= 15 is 0 Å². The smallest absolute Gasteiger partial charge is 0.279 e. The Labute approximate surface area is 137 Å². The third-order valence-electron chi connectivity index (χ3n) is 3.34. The number of likely N-dealkylation sites (N-methyl/N-ethyl adjacent to an activating group) is 1. The molecule has 2 aromatic rings. The molecular formula is C16H11Cl2N3O. The number of halogens is 2. The lowest BCUT2D eigenvalue weighted by atomic mass is 10.1. The summed E-state index contributed by atoms with van der Waals surface area (Å²) in [4.78, 5) is 13.7. The van der Waals surface area contributed by atoms with Crippen LogP contribution in [0.5, 0.6) is 0 Å². The van der Waals surface area contributed by atoms with Gasteiger partial charge in [0, 0.05) is 12.6 Å². The van der Waals surface area contributed by atoms with Crippen LogP contribution in [0.2, 0.25) is 10.0 Å². The zero-order chi connectivity index (χ0) is 15.7. The quantitative estimate of drug-likeness (QED) is 0.609. The van der Waals surface area contributed by atoms with Crippen molar-refractivity contribution in [1.29, 1.82) is 0 Å². The molecule has 0 radical (unpaired) electrons. The van der Waals surface area contributed by atoms with Gasteiger partial charge in [-0.3, -0.25) is 4.79 Å². The van der Waals surface area contributed by atoms with Crippen LogP contribution in [0.4, 0.5) is 5.69 Å². The molecule has 1 aliphatic heterocycles. The van der Waals surface area contributed by atoms with Gasteiger partial charge in [0.15, 0.2) is 5.71 Å². The second kappa shape index (κ2) is 5.91. The highest BCUT2D eigenvalue weighted by Gasteiger charge is 2.30. The zero-order valence-corrected chi connectivity index (χ0v) is 13.1. The van der Waals surface area contributed by atoms with Crippen LogP contribution >= 0.6 is 23.2 Å². The zero-order valence-electron chi connectivity index (χ0n) is 11.6. The van der Waals surface area contributed by atoms with Gasteiger partial charge in [0.05, 0.1) is 21.9 Å². The number of hydrogen-bond donors (Lipinski definition) is 0. The summed E-state index contributed by atoms with van der Waals surface area (Å²) in [6.07, 6.45) is 1.53. The van der Waals surface area contributed by atoms with Crippen LogP contribution in [0.3, 0.4) is 0 Å². The number of benzene rings is 2. The predicted molar refractivity (Wildman–Crippen MR) is 90.4 cm³/mol. The van der Waals surface area contributed by atoms with Gasteiger partial charge in [-0.25, -0.2) is 0 Å². The summed E-state index contributed by atoms with van der Waals surface area (Å²) in [5, 5.41) is 8.98. The van der Waals surface area contributed by atoms with Crippen molar-refractivity contribution in [1.82, 2.24) is 0 Å². The van der Waals surface area contributed by atoms with E-state index in [9.17, 15) is 4.79 Å². The Hall–Kier alpha value is -2.17. The van der Waals surface area contributed by atoms with Crippen molar-refractivity contribution in [2.24, 2.45) is 10.2 Å². The lowest BCUT2D eigenvalue weighted by molar-refractivity contribution is -0.111. The van der Waals surface area contributed by atoms with E-state index in [1.54, 1.807) is 30.1 Å². The molecule has 4 nitrogen and oxygen atoms in total. The maximum atomic E-state index is 12.2.